The Morgan fingerprint density at radius 3 is 2.53 bits per heavy atom. The molecule has 0 saturated carbocycles. The highest BCUT2D eigenvalue weighted by Crippen LogP contribution is 2.26. The van der Waals surface area contributed by atoms with E-state index in [-0.39, 0.29) is 18.0 Å². The van der Waals surface area contributed by atoms with E-state index in [4.69, 9.17) is 9.47 Å². The first-order chi connectivity index (χ1) is 15.1. The fourth-order valence-corrected chi connectivity index (χ4v) is 4.06. The van der Waals surface area contributed by atoms with Gasteiger partial charge in [-0.2, -0.15) is 0 Å². The fourth-order valence-electron chi connectivity index (χ4n) is 4.06. The summed E-state index contributed by atoms with van der Waals surface area (Å²) in [5.41, 5.74) is 2.78. The number of rotatable bonds is 5. The summed E-state index contributed by atoms with van der Waals surface area (Å²) in [6.07, 6.45) is 4.95. The van der Waals surface area contributed by atoms with Crippen LogP contribution < -0.4 is 10.1 Å². The Balaban J connectivity index is 1.61. The first-order valence-electron chi connectivity index (χ1n) is 11.0. The number of methoxy groups -OCH3 is 1. The second-order valence-corrected chi connectivity index (χ2v) is 9.23. The van der Waals surface area contributed by atoms with Gasteiger partial charge in [0.15, 0.2) is 0 Å². The standard InChI is InChI=1S/C24H34N4O4/c1-16-14-25-19(17(2)21(16)31-6)15-26-22(29)20-8-7-11-28(20)18-9-12-27(13-10-18)23(30)32-24(3,4)5/h7-8,11,14,18H,9-10,12-13,15H2,1-6H3,(H,26,29). The maximum absolute atomic E-state index is 12.9. The Morgan fingerprint density at radius 2 is 1.91 bits per heavy atom. The Morgan fingerprint density at radius 1 is 1.22 bits per heavy atom. The summed E-state index contributed by atoms with van der Waals surface area (Å²) in [6, 6.07) is 3.86. The largest absolute Gasteiger partial charge is 0.496 e. The summed E-state index contributed by atoms with van der Waals surface area (Å²) >= 11 is 0. The number of hydrogen-bond acceptors (Lipinski definition) is 5. The van der Waals surface area contributed by atoms with E-state index in [1.807, 2.05) is 57.5 Å². The van der Waals surface area contributed by atoms with Gasteiger partial charge in [-0.25, -0.2) is 4.79 Å². The van der Waals surface area contributed by atoms with Gasteiger partial charge >= 0.3 is 6.09 Å². The monoisotopic (exact) mass is 442 g/mol. The Kier molecular flexibility index (Phi) is 7.11. The van der Waals surface area contributed by atoms with Crippen molar-refractivity contribution in [2.45, 2.75) is 65.6 Å². The van der Waals surface area contributed by atoms with Gasteiger partial charge in [0.25, 0.3) is 5.91 Å². The van der Waals surface area contributed by atoms with Crippen LogP contribution in [0, 0.1) is 13.8 Å². The second-order valence-electron chi connectivity index (χ2n) is 9.23. The summed E-state index contributed by atoms with van der Waals surface area (Å²) in [4.78, 5) is 31.4. The Bertz CT molecular complexity index is 969. The van der Waals surface area contributed by atoms with E-state index in [2.05, 4.69) is 10.3 Å². The summed E-state index contributed by atoms with van der Waals surface area (Å²) in [6.45, 7) is 11.0. The van der Waals surface area contributed by atoms with Crippen LogP contribution in [-0.2, 0) is 11.3 Å². The SMILES string of the molecule is COc1c(C)cnc(CNC(=O)c2cccn2C2CCN(C(=O)OC(C)(C)C)CC2)c1C. The molecule has 2 aromatic rings. The third kappa shape index (κ3) is 5.41. The number of nitrogens with one attached hydrogen (secondary N) is 1. The van der Waals surface area contributed by atoms with Crippen molar-refractivity contribution in [1.29, 1.82) is 0 Å². The minimum absolute atomic E-state index is 0.148. The van der Waals surface area contributed by atoms with Crippen molar-refractivity contribution < 1.29 is 19.1 Å². The first kappa shape index (κ1) is 23.6. The molecule has 1 aliphatic heterocycles. The van der Waals surface area contributed by atoms with E-state index >= 15 is 0 Å². The molecule has 1 aliphatic rings. The number of carbonyl (C=O) groups is 2. The zero-order valence-corrected chi connectivity index (χ0v) is 19.9. The van der Waals surface area contributed by atoms with E-state index < -0.39 is 5.60 Å². The molecule has 0 radical (unpaired) electrons. The number of aromatic nitrogens is 2. The van der Waals surface area contributed by atoms with E-state index in [9.17, 15) is 9.59 Å². The zero-order chi connectivity index (χ0) is 23.5. The van der Waals surface area contributed by atoms with Crippen molar-refractivity contribution in [3.05, 3.63) is 47.0 Å². The van der Waals surface area contributed by atoms with Crippen LogP contribution in [0.5, 0.6) is 5.75 Å². The van der Waals surface area contributed by atoms with Crippen molar-refractivity contribution in [3.63, 3.8) is 0 Å². The first-order valence-corrected chi connectivity index (χ1v) is 11.0. The van der Waals surface area contributed by atoms with Gasteiger partial charge in [-0.3, -0.25) is 9.78 Å². The molecule has 0 spiro atoms. The number of nitrogens with zero attached hydrogens (tertiary/aromatic N) is 3. The maximum atomic E-state index is 12.9. The molecule has 8 nitrogen and oxygen atoms in total. The van der Waals surface area contributed by atoms with Crippen molar-refractivity contribution in [2.75, 3.05) is 20.2 Å². The maximum Gasteiger partial charge on any atom is 0.410 e. The van der Waals surface area contributed by atoms with Crippen LogP contribution in [0.3, 0.4) is 0 Å². The third-order valence-corrected chi connectivity index (χ3v) is 5.69. The van der Waals surface area contributed by atoms with Crippen molar-refractivity contribution in [1.82, 2.24) is 19.8 Å². The highest BCUT2D eigenvalue weighted by molar-refractivity contribution is 5.92. The van der Waals surface area contributed by atoms with E-state index in [0.29, 0.717) is 25.3 Å². The molecule has 174 valence electrons. The molecule has 3 rings (SSSR count). The highest BCUT2D eigenvalue weighted by atomic mass is 16.6. The van der Waals surface area contributed by atoms with Crippen molar-refractivity contribution >= 4 is 12.0 Å². The van der Waals surface area contributed by atoms with Gasteiger partial charge in [0.2, 0.25) is 0 Å². The normalized spacial score (nSPS) is 14.9. The lowest BCUT2D eigenvalue weighted by molar-refractivity contribution is 0.0187. The quantitative estimate of drug-likeness (QED) is 0.756. The molecule has 0 aliphatic carbocycles. The number of pyridine rings is 1. The minimum Gasteiger partial charge on any atom is -0.496 e. The Labute approximate surface area is 189 Å². The van der Waals surface area contributed by atoms with Crippen LogP contribution in [0.1, 0.15) is 67.0 Å². The Hall–Kier alpha value is -3.03. The number of hydrogen-bond donors (Lipinski definition) is 1. The zero-order valence-electron chi connectivity index (χ0n) is 19.9. The summed E-state index contributed by atoms with van der Waals surface area (Å²) < 4.78 is 12.9. The van der Waals surface area contributed by atoms with Gasteiger partial charge in [-0.1, -0.05) is 0 Å². The predicted octanol–water partition coefficient (Wildman–Crippen LogP) is 4.01. The average Bonchev–Trinajstić information content (AvgIpc) is 3.22. The van der Waals surface area contributed by atoms with Gasteiger partial charge in [0.05, 0.1) is 19.3 Å². The molecule has 0 atom stereocenters. The van der Waals surface area contributed by atoms with Gasteiger partial charge in [0, 0.05) is 42.7 Å². The fraction of sp³-hybridized carbons (Fsp3) is 0.542. The van der Waals surface area contributed by atoms with Gasteiger partial charge < -0.3 is 24.3 Å². The summed E-state index contributed by atoms with van der Waals surface area (Å²) in [5.74, 6) is 0.648. The molecule has 8 heteroatoms. The number of aryl methyl sites for hydroxylation is 1. The molecule has 3 heterocycles. The van der Waals surface area contributed by atoms with Gasteiger partial charge in [0.1, 0.15) is 17.0 Å². The molecule has 2 aromatic heterocycles. The smallest absolute Gasteiger partial charge is 0.410 e. The number of piperidine rings is 1. The van der Waals surface area contributed by atoms with Crippen LogP contribution in [0.25, 0.3) is 0 Å². The number of carbonyl (C=O) groups excluding carboxylic acids is 2. The minimum atomic E-state index is -0.506. The van der Waals surface area contributed by atoms with Gasteiger partial charge in [-0.15, -0.1) is 0 Å². The summed E-state index contributed by atoms with van der Waals surface area (Å²) in [7, 11) is 1.64. The molecule has 2 amide bonds. The lowest BCUT2D eigenvalue weighted by Gasteiger charge is -2.34. The molecule has 32 heavy (non-hydrogen) atoms. The van der Waals surface area contributed by atoms with Crippen LogP contribution >= 0.6 is 0 Å². The molecular weight excluding hydrogens is 408 g/mol. The summed E-state index contributed by atoms with van der Waals surface area (Å²) in [5, 5.41) is 2.98. The highest BCUT2D eigenvalue weighted by Gasteiger charge is 2.28. The molecule has 1 N–H and O–H groups in total. The third-order valence-electron chi connectivity index (χ3n) is 5.69. The van der Waals surface area contributed by atoms with Crippen LogP contribution in [-0.4, -0.2) is 52.3 Å². The molecule has 1 fully saturated rings. The second kappa shape index (κ2) is 9.63. The lowest BCUT2D eigenvalue weighted by atomic mass is 10.0. The topological polar surface area (TPSA) is 85.7 Å². The molecule has 1 saturated heterocycles. The van der Waals surface area contributed by atoms with E-state index in [1.165, 1.54) is 0 Å². The van der Waals surface area contributed by atoms with Gasteiger partial charge in [-0.05, 0) is 59.6 Å². The van der Waals surface area contributed by atoms with E-state index in [0.717, 1.165) is 35.4 Å². The van der Waals surface area contributed by atoms with Crippen LogP contribution in [0.4, 0.5) is 4.79 Å². The van der Waals surface area contributed by atoms with Crippen LogP contribution in [0.15, 0.2) is 24.5 Å². The molecular formula is C24H34N4O4. The number of likely N-dealkylation sites (tertiary alicyclic amines) is 1. The predicted molar refractivity (Wildman–Crippen MR) is 122 cm³/mol. The number of ether oxygens (including phenoxy) is 2. The molecule has 0 unspecified atom stereocenters. The van der Waals surface area contributed by atoms with E-state index in [1.54, 1.807) is 18.2 Å². The molecule has 0 bridgehead atoms. The van der Waals surface area contributed by atoms with Crippen molar-refractivity contribution in [2.24, 2.45) is 0 Å². The van der Waals surface area contributed by atoms with Crippen molar-refractivity contribution in [3.8, 4) is 5.75 Å². The number of amides is 2. The van der Waals surface area contributed by atoms with Crippen LogP contribution in [0.2, 0.25) is 0 Å². The lowest BCUT2D eigenvalue weighted by Crippen LogP contribution is -2.42. The molecule has 0 aromatic carbocycles. The average molecular weight is 443 g/mol.